The average molecular weight is 1710 g/mol. The van der Waals surface area contributed by atoms with Crippen molar-refractivity contribution in [3.8, 4) is 78.4 Å². The molecule has 4 aromatic heterocycles. The standard InChI is InChI=1S/C42H40BrN5O7S.C26H25BrN2O3S.C17H16N2O5.CH4/c1-26-44-38-33(42(52)48(26)34-15-16-37(50)45-41(34)51)3-2-4-35(38)54-24-22-47-19-17-46(18-20-47)21-23-53-30-10-12-31(13-11-30)55-39-32-14-9-29(49)25-36(32)56-40(39)27-5-7-28(43)8-6-27;27-19-3-1-18(2-4-19)26-25(23-10-5-20(30)17-24(23)33-26)32-22-8-6-21(7-9-22)31-16-15-29-13-11-28-12-14-29;1-10-18-16-12(3-2-4-15(16)24-8-7-20)17(23)19(10)13-6-5-11(21)9-14(13)22;/h2-14,25,34,49H,15-24H2,1H3,(H,45,50,51);1-10,17,28,30H,11-16H2;2-4,7,13H,5-6,8-9H2,1H3;1H4. The van der Waals surface area contributed by atoms with Crippen LogP contribution in [-0.2, 0) is 24.0 Å². The molecule has 16 rings (SSSR count). The van der Waals surface area contributed by atoms with Crippen molar-refractivity contribution in [3.05, 3.63) is 211 Å². The Morgan fingerprint density at radius 1 is 0.509 bits per heavy atom. The van der Waals surface area contributed by atoms with E-state index in [1.807, 2.05) is 91.0 Å². The van der Waals surface area contributed by atoms with Gasteiger partial charge in [0.15, 0.2) is 23.6 Å². The molecule has 2 amide bonds. The Hall–Kier alpha value is -10.7. The molecule has 0 spiro atoms. The van der Waals surface area contributed by atoms with E-state index < -0.39 is 18.0 Å². The van der Waals surface area contributed by atoms with Crippen LogP contribution in [0, 0.1) is 13.8 Å². The van der Waals surface area contributed by atoms with Gasteiger partial charge in [-0.3, -0.25) is 62.7 Å². The zero-order valence-electron chi connectivity index (χ0n) is 61.9. The molecule has 1 saturated carbocycles. The van der Waals surface area contributed by atoms with Crippen LogP contribution in [-0.4, -0.2) is 172 Å². The number of thiophene rings is 2. The van der Waals surface area contributed by atoms with Crippen LogP contribution in [0.1, 0.15) is 63.3 Å². The molecule has 4 fully saturated rings. The average Bonchev–Trinajstić information content (AvgIpc) is 1.54. The number of nitrogens with zero attached hydrogens (tertiary/aromatic N) is 7. The number of hydrogen-bond acceptors (Lipinski definition) is 23. The van der Waals surface area contributed by atoms with Gasteiger partial charge in [0, 0.05) is 114 Å². The van der Waals surface area contributed by atoms with Gasteiger partial charge in [-0.1, -0.05) is 75.7 Å². The topological polar surface area (TPSA) is 285 Å². The van der Waals surface area contributed by atoms with Crippen molar-refractivity contribution < 1.29 is 62.6 Å². The number of phenols is 2. The molecule has 3 saturated heterocycles. The summed E-state index contributed by atoms with van der Waals surface area (Å²) in [5, 5.41) is 28.3. The zero-order chi connectivity index (χ0) is 78.7. The number of para-hydroxylation sites is 2. The minimum Gasteiger partial charge on any atom is -0.508 e. The maximum atomic E-state index is 13.5. The highest BCUT2D eigenvalue weighted by atomic mass is 79.9. The molecule has 4 aliphatic rings. The first kappa shape index (κ1) is 81.3. The number of fused-ring (bicyclic) bond motifs is 4. The number of carbonyl (C=O) groups is 5. The second-order valence-electron chi connectivity index (χ2n) is 27.5. The number of aromatic nitrogens is 4. The molecule has 0 radical (unpaired) electrons. The van der Waals surface area contributed by atoms with E-state index in [0.717, 1.165) is 151 Å². The van der Waals surface area contributed by atoms with Gasteiger partial charge in [-0.05, 0) is 171 Å². The lowest BCUT2D eigenvalue weighted by Crippen LogP contribution is -2.48. The van der Waals surface area contributed by atoms with Crippen LogP contribution in [0.5, 0.6) is 57.5 Å². The van der Waals surface area contributed by atoms with E-state index in [9.17, 15) is 43.8 Å². The normalized spacial score (nSPS) is 16.1. The fourth-order valence-electron chi connectivity index (χ4n) is 14.2. The Kier molecular flexibility index (Phi) is 26.8. The number of aldehydes is 1. The number of piperazine rings is 2. The number of ketones is 2. The van der Waals surface area contributed by atoms with Gasteiger partial charge in [0.2, 0.25) is 11.8 Å². The maximum Gasteiger partial charge on any atom is 0.262 e. The predicted molar refractivity (Wildman–Crippen MR) is 449 cm³/mol. The number of aryl methyl sites for hydroxylation is 2. The number of imide groups is 1. The van der Waals surface area contributed by atoms with Crippen LogP contribution in [0.25, 0.3) is 62.9 Å². The molecule has 12 aromatic rings. The molecule has 0 bridgehead atoms. The number of hydrogen-bond donors (Lipinski definition) is 4. The molecule has 7 heterocycles. The highest BCUT2D eigenvalue weighted by Gasteiger charge is 2.33. The van der Waals surface area contributed by atoms with Gasteiger partial charge in [0.25, 0.3) is 11.1 Å². The van der Waals surface area contributed by atoms with Crippen LogP contribution in [0.2, 0.25) is 0 Å². The number of benzene rings is 8. The first-order valence-corrected chi connectivity index (χ1v) is 40.4. The third-order valence-electron chi connectivity index (χ3n) is 20.0. The summed E-state index contributed by atoms with van der Waals surface area (Å²) >= 11 is 10.2. The lowest BCUT2D eigenvalue weighted by atomic mass is 9.92. The van der Waals surface area contributed by atoms with Crippen molar-refractivity contribution in [2.75, 3.05) is 98.4 Å². The number of carbonyl (C=O) groups excluding carboxylic acids is 5. The maximum absolute atomic E-state index is 13.5. The summed E-state index contributed by atoms with van der Waals surface area (Å²) in [5.41, 5.74) is 2.27. The number of phenolic OH excluding ortho intramolecular Hbond substituents is 2. The third-order valence-corrected chi connectivity index (χ3v) is 23.4. The van der Waals surface area contributed by atoms with Gasteiger partial charge in [0.05, 0.1) is 33.0 Å². The van der Waals surface area contributed by atoms with Crippen molar-refractivity contribution in [3.63, 3.8) is 0 Å². The molecule has 8 aromatic carbocycles. The first-order valence-electron chi connectivity index (χ1n) is 37.2. The van der Waals surface area contributed by atoms with Crippen LogP contribution in [0.4, 0.5) is 0 Å². The molecule has 2 unspecified atom stereocenters. The Bertz CT molecular complexity index is 5610. The summed E-state index contributed by atoms with van der Waals surface area (Å²) in [6.45, 7) is 15.2. The second kappa shape index (κ2) is 37.5. The van der Waals surface area contributed by atoms with Gasteiger partial charge >= 0.3 is 0 Å². The number of aromatic hydroxyl groups is 2. The molecule has 4 N–H and O–H groups in total. The molecule has 590 valence electrons. The largest absolute Gasteiger partial charge is 0.508 e. The van der Waals surface area contributed by atoms with E-state index in [1.54, 1.807) is 91.1 Å². The third kappa shape index (κ3) is 19.4. The van der Waals surface area contributed by atoms with Gasteiger partial charge in [-0.2, -0.15) is 0 Å². The van der Waals surface area contributed by atoms with Crippen molar-refractivity contribution in [2.24, 2.45) is 0 Å². The first-order chi connectivity index (χ1) is 54.9. The number of Topliss-reactive ketones (excluding diaryl/α,β-unsaturated/α-hetero) is 2. The zero-order valence-corrected chi connectivity index (χ0v) is 66.7. The van der Waals surface area contributed by atoms with E-state index in [1.165, 1.54) is 9.13 Å². The number of rotatable bonds is 23. The van der Waals surface area contributed by atoms with Crippen LogP contribution in [0.3, 0.4) is 0 Å². The van der Waals surface area contributed by atoms with E-state index in [-0.39, 0.29) is 79.8 Å². The fraction of sp³-hybridized carbons (Fsp3) is 0.291. The van der Waals surface area contributed by atoms with Crippen LogP contribution in [0.15, 0.2) is 188 Å². The summed E-state index contributed by atoms with van der Waals surface area (Å²) in [5.74, 6) is 5.56. The summed E-state index contributed by atoms with van der Waals surface area (Å²) < 4.78 is 43.1. The van der Waals surface area contributed by atoms with Crippen LogP contribution >= 0.6 is 54.5 Å². The Balaban J connectivity index is 0.000000165. The molecule has 1 aliphatic carbocycles. The minimum absolute atomic E-state index is 0. The Labute approximate surface area is 682 Å². The lowest BCUT2D eigenvalue weighted by Gasteiger charge is -2.34. The van der Waals surface area contributed by atoms with Gasteiger partial charge < -0.3 is 44.0 Å². The van der Waals surface area contributed by atoms with Crippen molar-refractivity contribution >= 4 is 126 Å². The molecule has 3 aliphatic heterocycles. The van der Waals surface area contributed by atoms with Crippen molar-refractivity contribution in [1.29, 1.82) is 0 Å². The predicted octanol–water partition coefficient (Wildman–Crippen LogP) is 14.8. The Morgan fingerprint density at radius 3 is 1.41 bits per heavy atom. The smallest absolute Gasteiger partial charge is 0.262 e. The minimum atomic E-state index is -0.770. The highest BCUT2D eigenvalue weighted by Crippen LogP contribution is 2.49. The number of nitrogens with one attached hydrogen (secondary N) is 2. The Morgan fingerprint density at radius 2 is 0.947 bits per heavy atom. The number of ether oxygens (including phenoxy) is 6. The summed E-state index contributed by atoms with van der Waals surface area (Å²) in [6, 6.07) is 51.2. The van der Waals surface area contributed by atoms with Crippen molar-refractivity contribution in [2.45, 2.75) is 65.5 Å². The monoisotopic (exact) mass is 1710 g/mol. The SMILES string of the molecule is C.Cc1nc2c(OCC=O)cccc2c(=O)n1C1CCC(=O)CC1=O.Cc1nc2c(OCCN3CCN(CCOc4ccc(Oc5c(-c6ccc(Br)cc6)sc6cc(O)ccc56)cc4)CC3)cccc2c(=O)n1C1CCC(=O)NC1=O.Oc1ccc2c(Oc3ccc(OCCN4CCNCC4)cc3)c(-c3ccc(Br)cc3)sc2c1. The fourth-order valence-corrected chi connectivity index (χ4v) is 17.0. The molecule has 2 atom stereocenters. The van der Waals surface area contributed by atoms with Gasteiger partial charge in [0.1, 0.15) is 107 Å². The van der Waals surface area contributed by atoms with Crippen molar-refractivity contribution in [1.82, 2.24) is 44.4 Å². The second-order valence-corrected chi connectivity index (χ2v) is 31.5. The quantitative estimate of drug-likeness (QED) is 0.0263. The van der Waals surface area contributed by atoms with E-state index >= 15 is 0 Å². The van der Waals surface area contributed by atoms with Gasteiger partial charge in [-0.25, -0.2) is 9.97 Å². The molecule has 24 nitrogen and oxygen atoms in total. The van der Waals surface area contributed by atoms with E-state index in [0.29, 0.717) is 83.2 Å². The van der Waals surface area contributed by atoms with E-state index in [2.05, 4.69) is 91.4 Å². The molecule has 114 heavy (non-hydrogen) atoms. The summed E-state index contributed by atoms with van der Waals surface area (Å²) in [4.78, 5) is 103. The summed E-state index contributed by atoms with van der Waals surface area (Å²) in [6.07, 6.45) is 1.51. The van der Waals surface area contributed by atoms with Gasteiger partial charge in [-0.15, -0.1) is 22.7 Å². The number of halogens is 2. The van der Waals surface area contributed by atoms with Crippen LogP contribution < -0.4 is 50.2 Å². The number of amides is 2. The summed E-state index contributed by atoms with van der Waals surface area (Å²) in [7, 11) is 0. The van der Waals surface area contributed by atoms with E-state index in [4.69, 9.17) is 28.4 Å². The molecular formula is C86H85Br2N9O15S2. The molecular weight excluding hydrogens is 1620 g/mol. The number of piperidine rings is 1. The molecule has 28 heteroatoms. The highest BCUT2D eigenvalue weighted by molar-refractivity contribution is 9.10. The lowest BCUT2D eigenvalue weighted by molar-refractivity contribution is -0.136.